The van der Waals surface area contributed by atoms with E-state index in [1.54, 1.807) is 6.07 Å². The highest BCUT2D eigenvalue weighted by Crippen LogP contribution is 2.23. The van der Waals surface area contributed by atoms with Crippen molar-refractivity contribution in [3.05, 3.63) is 29.3 Å². The molecule has 1 aromatic rings. The van der Waals surface area contributed by atoms with E-state index < -0.39 is 5.97 Å². The van der Waals surface area contributed by atoms with Crippen LogP contribution >= 0.6 is 0 Å². The van der Waals surface area contributed by atoms with Gasteiger partial charge in [0, 0.05) is 12.8 Å². The Bertz CT molecular complexity index is 477. The van der Waals surface area contributed by atoms with E-state index in [-0.39, 0.29) is 18.6 Å². The van der Waals surface area contributed by atoms with Crippen molar-refractivity contribution in [3.8, 4) is 5.75 Å². The number of hydrogen-bond acceptors (Lipinski definition) is 3. The lowest BCUT2D eigenvalue weighted by Gasteiger charge is -2.13. The van der Waals surface area contributed by atoms with Gasteiger partial charge in [0.1, 0.15) is 5.75 Å². The molecule has 0 saturated carbocycles. The molecular weight excluding hydrogens is 256 g/mol. The van der Waals surface area contributed by atoms with Crippen LogP contribution in [-0.4, -0.2) is 23.5 Å². The third kappa shape index (κ3) is 5.43. The number of carbonyl (C=O) groups is 2. The number of rotatable bonds is 8. The zero-order valence-corrected chi connectivity index (χ0v) is 12.3. The zero-order valence-electron chi connectivity index (χ0n) is 12.3. The maximum Gasteiger partial charge on any atom is 0.303 e. The normalized spacial score (nSPS) is 10.6. The van der Waals surface area contributed by atoms with E-state index >= 15 is 0 Å². The molecule has 1 rings (SSSR count). The number of carboxylic acid groups (broad SMARTS) is 1. The van der Waals surface area contributed by atoms with E-state index in [0.717, 1.165) is 5.56 Å². The summed E-state index contributed by atoms with van der Waals surface area (Å²) < 4.78 is 5.66. The number of ketones is 1. The summed E-state index contributed by atoms with van der Waals surface area (Å²) in [5, 5.41) is 8.60. The van der Waals surface area contributed by atoms with Crippen LogP contribution in [0.2, 0.25) is 0 Å². The predicted molar refractivity (Wildman–Crippen MR) is 77.3 cm³/mol. The highest BCUT2D eigenvalue weighted by atomic mass is 16.5. The van der Waals surface area contributed by atoms with Crippen molar-refractivity contribution in [1.82, 2.24) is 0 Å². The average molecular weight is 278 g/mol. The van der Waals surface area contributed by atoms with Gasteiger partial charge in [-0.2, -0.15) is 0 Å². The van der Waals surface area contributed by atoms with Crippen molar-refractivity contribution in [1.29, 1.82) is 0 Å². The number of aliphatic carboxylic acids is 1. The van der Waals surface area contributed by atoms with Crippen molar-refractivity contribution >= 4 is 11.8 Å². The fourth-order valence-corrected chi connectivity index (χ4v) is 1.78. The second-order valence-corrected chi connectivity index (χ2v) is 5.37. The fraction of sp³-hybridized carbons (Fsp3) is 0.500. The standard InChI is InChI=1S/C16H22O4/c1-11(2)10-20-15-8-7-12(3)9-13(15)14(17)5-4-6-16(18)19/h7-9,11H,4-6,10H2,1-3H3,(H,18,19). The second-order valence-electron chi connectivity index (χ2n) is 5.37. The van der Waals surface area contributed by atoms with Crippen molar-refractivity contribution in [2.24, 2.45) is 5.92 Å². The van der Waals surface area contributed by atoms with Crippen LogP contribution in [-0.2, 0) is 4.79 Å². The van der Waals surface area contributed by atoms with Crippen LogP contribution in [0.25, 0.3) is 0 Å². The van der Waals surface area contributed by atoms with Crippen LogP contribution in [0.1, 0.15) is 49.0 Å². The number of benzene rings is 1. The molecule has 0 aromatic heterocycles. The van der Waals surface area contributed by atoms with Crippen LogP contribution in [0, 0.1) is 12.8 Å². The van der Waals surface area contributed by atoms with Gasteiger partial charge in [0.25, 0.3) is 0 Å². The van der Waals surface area contributed by atoms with Crippen molar-refractivity contribution in [2.75, 3.05) is 6.61 Å². The number of ether oxygens (including phenoxy) is 1. The first kappa shape index (κ1) is 16.2. The molecule has 0 bridgehead atoms. The smallest absolute Gasteiger partial charge is 0.303 e. The first-order chi connectivity index (χ1) is 9.40. The molecule has 4 nitrogen and oxygen atoms in total. The van der Waals surface area contributed by atoms with Crippen LogP contribution in [0.3, 0.4) is 0 Å². The zero-order chi connectivity index (χ0) is 15.1. The summed E-state index contributed by atoms with van der Waals surface area (Å²) in [6.07, 6.45) is 0.596. The minimum absolute atomic E-state index is 0.0136. The Morgan fingerprint density at radius 2 is 1.95 bits per heavy atom. The number of Topliss-reactive ketones (excluding diaryl/α,β-unsaturated/α-hetero) is 1. The molecule has 0 atom stereocenters. The first-order valence-corrected chi connectivity index (χ1v) is 6.88. The quantitative estimate of drug-likeness (QED) is 0.739. The van der Waals surface area contributed by atoms with Crippen molar-refractivity contribution in [2.45, 2.75) is 40.0 Å². The molecule has 110 valence electrons. The van der Waals surface area contributed by atoms with Gasteiger partial charge >= 0.3 is 5.97 Å². The van der Waals surface area contributed by atoms with Gasteiger partial charge in [-0.25, -0.2) is 0 Å². The minimum atomic E-state index is -0.877. The summed E-state index contributed by atoms with van der Waals surface area (Å²) >= 11 is 0. The minimum Gasteiger partial charge on any atom is -0.493 e. The van der Waals surface area contributed by atoms with Gasteiger partial charge in [-0.1, -0.05) is 25.5 Å². The number of carboxylic acids is 1. The molecule has 0 radical (unpaired) electrons. The third-order valence-corrected chi connectivity index (χ3v) is 2.80. The summed E-state index contributed by atoms with van der Waals surface area (Å²) in [5.74, 6) is 0.0305. The van der Waals surface area contributed by atoms with Gasteiger partial charge in [0.15, 0.2) is 5.78 Å². The largest absolute Gasteiger partial charge is 0.493 e. The topological polar surface area (TPSA) is 63.6 Å². The molecule has 0 saturated heterocycles. The lowest BCUT2D eigenvalue weighted by atomic mass is 10.0. The molecule has 0 aliphatic heterocycles. The van der Waals surface area contributed by atoms with Gasteiger partial charge < -0.3 is 9.84 Å². The molecule has 1 aromatic carbocycles. The van der Waals surface area contributed by atoms with E-state index in [1.807, 2.05) is 32.9 Å². The highest BCUT2D eigenvalue weighted by molar-refractivity contribution is 5.99. The molecule has 0 unspecified atom stereocenters. The van der Waals surface area contributed by atoms with E-state index in [4.69, 9.17) is 9.84 Å². The lowest BCUT2D eigenvalue weighted by molar-refractivity contribution is -0.137. The summed E-state index contributed by atoms with van der Waals surface area (Å²) in [6, 6.07) is 5.52. The van der Waals surface area contributed by atoms with E-state index in [9.17, 15) is 9.59 Å². The first-order valence-electron chi connectivity index (χ1n) is 6.88. The Balaban J connectivity index is 2.77. The third-order valence-electron chi connectivity index (χ3n) is 2.80. The van der Waals surface area contributed by atoms with Gasteiger partial charge in [-0.15, -0.1) is 0 Å². The van der Waals surface area contributed by atoms with Gasteiger partial charge in [-0.05, 0) is 31.4 Å². The summed E-state index contributed by atoms with van der Waals surface area (Å²) in [7, 11) is 0. The molecule has 0 aliphatic carbocycles. The van der Waals surface area contributed by atoms with E-state index in [1.165, 1.54) is 0 Å². The van der Waals surface area contributed by atoms with Crippen LogP contribution in [0.4, 0.5) is 0 Å². The SMILES string of the molecule is Cc1ccc(OCC(C)C)c(C(=O)CCCC(=O)O)c1. The molecule has 0 amide bonds. The molecule has 0 heterocycles. The van der Waals surface area contributed by atoms with Crippen molar-refractivity contribution in [3.63, 3.8) is 0 Å². The van der Waals surface area contributed by atoms with Crippen molar-refractivity contribution < 1.29 is 19.4 Å². The van der Waals surface area contributed by atoms with E-state index in [2.05, 4.69) is 0 Å². The Labute approximate surface area is 119 Å². The second kappa shape index (κ2) is 7.68. The van der Waals surface area contributed by atoms with Crippen LogP contribution in [0.5, 0.6) is 5.75 Å². The Morgan fingerprint density at radius 1 is 1.25 bits per heavy atom. The fourth-order valence-electron chi connectivity index (χ4n) is 1.78. The van der Waals surface area contributed by atoms with Gasteiger partial charge in [0.05, 0.1) is 12.2 Å². The maximum atomic E-state index is 12.2. The number of hydrogen-bond donors (Lipinski definition) is 1. The van der Waals surface area contributed by atoms with Gasteiger partial charge in [0.2, 0.25) is 0 Å². The van der Waals surface area contributed by atoms with Crippen LogP contribution < -0.4 is 4.74 Å². The average Bonchev–Trinajstić information content (AvgIpc) is 2.36. The molecule has 4 heteroatoms. The molecule has 0 spiro atoms. The maximum absolute atomic E-state index is 12.2. The summed E-state index contributed by atoms with van der Waals surface area (Å²) in [5.41, 5.74) is 1.54. The molecule has 0 aliphatic rings. The number of aryl methyl sites for hydroxylation is 1. The van der Waals surface area contributed by atoms with Crippen LogP contribution in [0.15, 0.2) is 18.2 Å². The molecule has 1 N–H and O–H groups in total. The lowest BCUT2D eigenvalue weighted by Crippen LogP contribution is -2.09. The summed E-state index contributed by atoms with van der Waals surface area (Å²) in [6.45, 7) is 6.56. The Morgan fingerprint density at radius 3 is 2.55 bits per heavy atom. The molecular formula is C16H22O4. The molecule has 20 heavy (non-hydrogen) atoms. The van der Waals surface area contributed by atoms with Gasteiger partial charge in [-0.3, -0.25) is 9.59 Å². The number of carbonyl (C=O) groups excluding carboxylic acids is 1. The van der Waals surface area contributed by atoms with E-state index in [0.29, 0.717) is 30.3 Å². The predicted octanol–water partition coefficient (Wildman–Crippen LogP) is 3.47. The Kier molecular flexibility index (Phi) is 6.22. The summed E-state index contributed by atoms with van der Waals surface area (Å²) in [4.78, 5) is 22.7. The monoisotopic (exact) mass is 278 g/mol. The molecule has 0 fully saturated rings. The Hall–Kier alpha value is -1.84. The highest BCUT2D eigenvalue weighted by Gasteiger charge is 2.14.